The standard InChI is InChI=1S/C31H31FN4O4/c32-25-7-4-21(5-8-25)16-22-2-1-3-23(17-22)30(37)35-13-11-34(12-14-35)20-29-33-27-9-6-24(31(38)39)18-28(27)36(29)19-26-10-15-40-26/h1-9,17-18,26H,10-16,19-20H2,(H,38,39)/t26-/m0/s1. The number of carboxylic acid groups (broad SMARTS) is 1. The number of hydrogen-bond acceptors (Lipinski definition) is 5. The van der Waals surface area contributed by atoms with Crippen LogP contribution in [0.1, 0.15) is 44.1 Å². The molecule has 0 aliphatic carbocycles. The van der Waals surface area contributed by atoms with Crippen LogP contribution in [0.25, 0.3) is 11.0 Å². The van der Waals surface area contributed by atoms with E-state index in [9.17, 15) is 19.1 Å². The number of ether oxygens (including phenoxy) is 1. The third kappa shape index (κ3) is 5.61. The van der Waals surface area contributed by atoms with E-state index in [1.54, 1.807) is 30.3 Å². The third-order valence-corrected chi connectivity index (χ3v) is 7.77. The van der Waals surface area contributed by atoms with Crippen LogP contribution in [0.5, 0.6) is 0 Å². The molecule has 4 aromatic rings. The summed E-state index contributed by atoms with van der Waals surface area (Å²) < 4.78 is 21.0. The number of imidazole rings is 1. The molecule has 0 unspecified atom stereocenters. The average Bonchev–Trinajstić information content (AvgIpc) is 3.28. The van der Waals surface area contributed by atoms with E-state index in [4.69, 9.17) is 9.72 Å². The molecule has 3 heterocycles. The van der Waals surface area contributed by atoms with E-state index >= 15 is 0 Å². The first kappa shape index (κ1) is 26.2. The van der Waals surface area contributed by atoms with Crippen molar-refractivity contribution in [3.05, 3.63) is 101 Å². The molecule has 0 radical (unpaired) electrons. The number of fused-ring (bicyclic) bond motifs is 1. The first-order valence-corrected chi connectivity index (χ1v) is 13.6. The van der Waals surface area contributed by atoms with Crippen LogP contribution in [-0.2, 0) is 24.2 Å². The van der Waals surface area contributed by atoms with Crippen molar-refractivity contribution in [2.75, 3.05) is 32.8 Å². The van der Waals surface area contributed by atoms with Crippen LogP contribution >= 0.6 is 0 Å². The summed E-state index contributed by atoms with van der Waals surface area (Å²) in [6.45, 7) is 4.64. The minimum atomic E-state index is -0.960. The normalized spacial score (nSPS) is 17.6. The van der Waals surface area contributed by atoms with Crippen LogP contribution in [0, 0.1) is 5.82 Å². The second kappa shape index (κ2) is 11.2. The molecule has 2 fully saturated rings. The smallest absolute Gasteiger partial charge is 0.335 e. The van der Waals surface area contributed by atoms with E-state index in [1.807, 2.05) is 29.2 Å². The maximum Gasteiger partial charge on any atom is 0.335 e. The number of carbonyl (C=O) groups excluding carboxylic acids is 1. The van der Waals surface area contributed by atoms with Crippen molar-refractivity contribution >= 4 is 22.9 Å². The molecule has 3 aromatic carbocycles. The van der Waals surface area contributed by atoms with Crippen molar-refractivity contribution in [1.29, 1.82) is 0 Å². The highest BCUT2D eigenvalue weighted by Gasteiger charge is 2.26. The second-order valence-corrected chi connectivity index (χ2v) is 10.5. The molecular weight excluding hydrogens is 511 g/mol. The average molecular weight is 543 g/mol. The molecule has 0 saturated carbocycles. The van der Waals surface area contributed by atoms with Crippen LogP contribution in [0.2, 0.25) is 0 Å². The lowest BCUT2D eigenvalue weighted by atomic mass is 10.0. The van der Waals surface area contributed by atoms with Gasteiger partial charge in [0.25, 0.3) is 5.91 Å². The Kier molecular flexibility index (Phi) is 7.32. The second-order valence-electron chi connectivity index (χ2n) is 10.5. The van der Waals surface area contributed by atoms with Crippen LogP contribution in [0.15, 0.2) is 66.7 Å². The molecule has 206 valence electrons. The number of hydrogen-bond donors (Lipinski definition) is 1. The van der Waals surface area contributed by atoms with Crippen molar-refractivity contribution in [2.45, 2.75) is 32.0 Å². The Balaban J connectivity index is 1.12. The Morgan fingerprint density at radius 1 is 0.950 bits per heavy atom. The number of carbonyl (C=O) groups is 2. The lowest BCUT2D eigenvalue weighted by Gasteiger charge is -2.35. The summed E-state index contributed by atoms with van der Waals surface area (Å²) in [4.78, 5) is 33.9. The maximum atomic E-state index is 13.3. The zero-order chi connectivity index (χ0) is 27.6. The zero-order valence-corrected chi connectivity index (χ0v) is 22.1. The number of halogens is 1. The number of aromatic nitrogens is 2. The SMILES string of the molecule is O=C(O)c1ccc2nc(CN3CCN(C(=O)c4cccc(Cc5ccc(F)cc5)c4)CC3)n(C[C@@H]3CCO3)c2c1. The van der Waals surface area contributed by atoms with E-state index in [2.05, 4.69) is 9.47 Å². The molecule has 1 aromatic heterocycles. The fourth-order valence-corrected chi connectivity index (χ4v) is 5.41. The minimum Gasteiger partial charge on any atom is -0.478 e. The van der Waals surface area contributed by atoms with Gasteiger partial charge in [0.05, 0.1) is 35.8 Å². The molecule has 1 amide bonds. The summed E-state index contributed by atoms with van der Waals surface area (Å²) in [5.74, 6) is -0.334. The molecule has 2 aliphatic heterocycles. The van der Waals surface area contributed by atoms with Gasteiger partial charge in [-0.3, -0.25) is 9.69 Å². The molecule has 40 heavy (non-hydrogen) atoms. The molecule has 9 heteroatoms. The van der Waals surface area contributed by atoms with E-state index in [0.29, 0.717) is 51.3 Å². The fourth-order valence-electron chi connectivity index (χ4n) is 5.41. The van der Waals surface area contributed by atoms with Crippen LogP contribution in [-0.4, -0.2) is 75.2 Å². The molecule has 0 spiro atoms. The monoisotopic (exact) mass is 542 g/mol. The zero-order valence-electron chi connectivity index (χ0n) is 22.1. The van der Waals surface area contributed by atoms with Gasteiger partial charge in [0, 0.05) is 38.3 Å². The maximum absolute atomic E-state index is 13.3. The molecule has 2 saturated heterocycles. The van der Waals surface area contributed by atoms with Gasteiger partial charge < -0.3 is 19.3 Å². The van der Waals surface area contributed by atoms with E-state index in [0.717, 1.165) is 41.0 Å². The number of nitrogens with zero attached hydrogens (tertiary/aromatic N) is 4. The van der Waals surface area contributed by atoms with E-state index in [1.165, 1.54) is 12.1 Å². The molecule has 8 nitrogen and oxygen atoms in total. The highest BCUT2D eigenvalue weighted by Crippen LogP contribution is 2.24. The number of carboxylic acids is 1. The lowest BCUT2D eigenvalue weighted by molar-refractivity contribution is -0.0592. The van der Waals surface area contributed by atoms with E-state index < -0.39 is 5.97 Å². The number of aromatic carboxylic acids is 1. The molecule has 1 atom stereocenters. The van der Waals surface area contributed by atoms with Gasteiger partial charge in [0.1, 0.15) is 11.6 Å². The fraction of sp³-hybridized carbons (Fsp3) is 0.323. The number of amides is 1. The minimum absolute atomic E-state index is 0.0103. The summed E-state index contributed by atoms with van der Waals surface area (Å²) in [5, 5.41) is 9.48. The van der Waals surface area contributed by atoms with Crippen molar-refractivity contribution in [1.82, 2.24) is 19.4 Å². The van der Waals surface area contributed by atoms with Gasteiger partial charge in [-0.2, -0.15) is 0 Å². The number of rotatable bonds is 8. The van der Waals surface area contributed by atoms with Gasteiger partial charge in [-0.05, 0) is 66.4 Å². The van der Waals surface area contributed by atoms with E-state index in [-0.39, 0.29) is 23.4 Å². The first-order chi connectivity index (χ1) is 19.4. The summed E-state index contributed by atoms with van der Waals surface area (Å²) in [6, 6.07) is 19.1. The highest BCUT2D eigenvalue weighted by atomic mass is 19.1. The van der Waals surface area contributed by atoms with Crippen LogP contribution in [0.4, 0.5) is 4.39 Å². The van der Waals surface area contributed by atoms with Gasteiger partial charge >= 0.3 is 5.97 Å². The van der Waals surface area contributed by atoms with Crippen molar-refractivity contribution < 1.29 is 23.8 Å². The number of benzene rings is 3. The summed E-state index contributed by atoms with van der Waals surface area (Å²) in [6.07, 6.45) is 1.72. The van der Waals surface area contributed by atoms with Gasteiger partial charge in [0.15, 0.2) is 0 Å². The first-order valence-electron chi connectivity index (χ1n) is 13.6. The van der Waals surface area contributed by atoms with Gasteiger partial charge in [-0.15, -0.1) is 0 Å². The Morgan fingerprint density at radius 2 is 1.73 bits per heavy atom. The molecule has 0 bridgehead atoms. The predicted molar refractivity (Wildman–Crippen MR) is 148 cm³/mol. The number of piperazine rings is 1. The van der Waals surface area contributed by atoms with Gasteiger partial charge in [-0.25, -0.2) is 14.2 Å². The molecule has 2 aliphatic rings. The van der Waals surface area contributed by atoms with Crippen molar-refractivity contribution in [3.8, 4) is 0 Å². The Bertz CT molecular complexity index is 1540. The van der Waals surface area contributed by atoms with Gasteiger partial charge in [0.2, 0.25) is 0 Å². The third-order valence-electron chi connectivity index (χ3n) is 7.77. The van der Waals surface area contributed by atoms with Crippen LogP contribution < -0.4 is 0 Å². The predicted octanol–water partition coefficient (Wildman–Crippen LogP) is 4.21. The Hall–Kier alpha value is -4.08. The topological polar surface area (TPSA) is 87.9 Å². The molecule has 1 N–H and O–H groups in total. The highest BCUT2D eigenvalue weighted by molar-refractivity contribution is 5.94. The Morgan fingerprint density at radius 3 is 2.42 bits per heavy atom. The quantitative estimate of drug-likeness (QED) is 0.359. The lowest BCUT2D eigenvalue weighted by Crippen LogP contribution is -2.48. The Labute approximate surface area is 231 Å². The largest absolute Gasteiger partial charge is 0.478 e. The van der Waals surface area contributed by atoms with Crippen molar-refractivity contribution in [2.24, 2.45) is 0 Å². The molecule has 6 rings (SSSR count). The summed E-state index contributed by atoms with van der Waals surface area (Å²) >= 11 is 0. The van der Waals surface area contributed by atoms with Crippen LogP contribution in [0.3, 0.4) is 0 Å². The summed E-state index contributed by atoms with van der Waals surface area (Å²) in [7, 11) is 0. The molecular formula is C31H31FN4O4. The van der Waals surface area contributed by atoms with Crippen molar-refractivity contribution in [3.63, 3.8) is 0 Å². The van der Waals surface area contributed by atoms with Gasteiger partial charge in [-0.1, -0.05) is 24.3 Å². The summed E-state index contributed by atoms with van der Waals surface area (Å²) in [5.41, 5.74) is 4.48.